The number of esters is 1. The molecule has 0 atom stereocenters. The third-order valence-corrected chi connectivity index (χ3v) is 2.34. The lowest BCUT2D eigenvalue weighted by atomic mass is 10.2. The van der Waals surface area contributed by atoms with Gasteiger partial charge < -0.3 is 19.5 Å². The minimum atomic E-state index is -0.684. The molecule has 106 valence electrons. The number of amides is 1. The van der Waals surface area contributed by atoms with Crippen molar-refractivity contribution < 1.29 is 23.8 Å². The zero-order valence-corrected chi connectivity index (χ0v) is 11.3. The molecule has 0 unspecified atom stereocenters. The van der Waals surface area contributed by atoms with Crippen LogP contribution in [0, 0.1) is 12.3 Å². The Kier molecular flexibility index (Phi) is 5.91. The number of hydrogen-bond acceptors (Lipinski definition) is 5. The molecule has 0 aliphatic rings. The molecule has 1 aromatic carbocycles. The quantitative estimate of drug-likeness (QED) is 0.609. The van der Waals surface area contributed by atoms with Gasteiger partial charge in [0, 0.05) is 0 Å². The summed E-state index contributed by atoms with van der Waals surface area (Å²) < 4.78 is 15.1. The summed E-state index contributed by atoms with van der Waals surface area (Å²) in [6, 6.07) is 4.79. The van der Waals surface area contributed by atoms with Crippen LogP contribution >= 0.6 is 0 Å². The van der Waals surface area contributed by atoms with Crippen molar-refractivity contribution in [3.05, 3.63) is 23.8 Å². The number of hydrogen-bond donors (Lipinski definition) is 1. The maximum atomic E-state index is 11.9. The van der Waals surface area contributed by atoms with Gasteiger partial charge in [0.15, 0.2) is 18.1 Å². The van der Waals surface area contributed by atoms with Crippen LogP contribution < -0.4 is 14.8 Å². The first-order valence-corrected chi connectivity index (χ1v) is 5.72. The molecular weight excluding hydrogens is 262 g/mol. The summed E-state index contributed by atoms with van der Waals surface area (Å²) in [6.45, 7) is -0.334. The molecule has 0 aliphatic heterocycles. The third kappa shape index (κ3) is 3.92. The lowest BCUT2D eigenvalue weighted by Crippen LogP contribution is -2.29. The van der Waals surface area contributed by atoms with Crippen molar-refractivity contribution in [2.24, 2.45) is 0 Å². The van der Waals surface area contributed by atoms with Crippen LogP contribution in [0.25, 0.3) is 0 Å². The number of para-hydroxylation sites is 1. The minimum absolute atomic E-state index is 0.0822. The Morgan fingerprint density at radius 3 is 2.65 bits per heavy atom. The van der Waals surface area contributed by atoms with E-state index < -0.39 is 18.5 Å². The lowest BCUT2D eigenvalue weighted by Gasteiger charge is -2.11. The van der Waals surface area contributed by atoms with Crippen LogP contribution in [-0.2, 0) is 9.53 Å². The molecule has 1 N–H and O–H groups in total. The van der Waals surface area contributed by atoms with Crippen LogP contribution in [-0.4, -0.2) is 39.2 Å². The fraction of sp³-hybridized carbons (Fsp3) is 0.286. The van der Waals surface area contributed by atoms with Gasteiger partial charge >= 0.3 is 5.97 Å². The van der Waals surface area contributed by atoms with Gasteiger partial charge in [-0.15, -0.1) is 6.42 Å². The SMILES string of the molecule is C#CCNC(=O)COC(=O)c1cccc(OC)c1OC. The second kappa shape index (κ2) is 7.69. The van der Waals surface area contributed by atoms with Gasteiger partial charge in [0.25, 0.3) is 5.91 Å². The molecule has 1 rings (SSSR count). The summed E-state index contributed by atoms with van der Waals surface area (Å²) in [6.07, 6.45) is 4.99. The highest BCUT2D eigenvalue weighted by molar-refractivity contribution is 5.94. The second-order valence-electron chi connectivity index (χ2n) is 3.60. The average molecular weight is 277 g/mol. The predicted molar refractivity (Wildman–Crippen MR) is 71.7 cm³/mol. The van der Waals surface area contributed by atoms with Crippen molar-refractivity contribution >= 4 is 11.9 Å². The van der Waals surface area contributed by atoms with E-state index >= 15 is 0 Å². The summed E-state index contributed by atoms with van der Waals surface area (Å²) >= 11 is 0. The van der Waals surface area contributed by atoms with E-state index in [0.717, 1.165) is 0 Å². The smallest absolute Gasteiger partial charge is 0.342 e. The van der Waals surface area contributed by atoms with E-state index in [0.29, 0.717) is 5.75 Å². The van der Waals surface area contributed by atoms with Crippen LogP contribution in [0.2, 0.25) is 0 Å². The van der Waals surface area contributed by atoms with Crippen molar-refractivity contribution in [1.29, 1.82) is 0 Å². The molecule has 0 saturated carbocycles. The Morgan fingerprint density at radius 2 is 2.05 bits per heavy atom. The van der Waals surface area contributed by atoms with Gasteiger partial charge in [-0.3, -0.25) is 4.79 Å². The molecule has 0 heterocycles. The highest BCUT2D eigenvalue weighted by Crippen LogP contribution is 2.30. The number of ether oxygens (including phenoxy) is 3. The number of nitrogens with one attached hydrogen (secondary N) is 1. The van der Waals surface area contributed by atoms with E-state index in [1.165, 1.54) is 20.3 Å². The van der Waals surface area contributed by atoms with Crippen LogP contribution in [0.15, 0.2) is 18.2 Å². The molecule has 0 spiro atoms. The predicted octanol–water partition coefficient (Wildman–Crippen LogP) is 0.610. The number of carbonyl (C=O) groups excluding carboxylic acids is 2. The molecule has 0 bridgehead atoms. The molecule has 1 aromatic rings. The molecule has 0 aromatic heterocycles. The maximum absolute atomic E-state index is 11.9. The van der Waals surface area contributed by atoms with Crippen molar-refractivity contribution in [3.8, 4) is 23.8 Å². The van der Waals surface area contributed by atoms with E-state index in [1.807, 2.05) is 0 Å². The lowest BCUT2D eigenvalue weighted by molar-refractivity contribution is -0.123. The molecule has 0 saturated heterocycles. The second-order valence-corrected chi connectivity index (χ2v) is 3.60. The van der Waals surface area contributed by atoms with E-state index in [4.69, 9.17) is 20.6 Å². The van der Waals surface area contributed by atoms with Crippen LogP contribution in [0.3, 0.4) is 0 Å². The number of terminal acetylenes is 1. The highest BCUT2D eigenvalue weighted by Gasteiger charge is 2.18. The summed E-state index contributed by atoms with van der Waals surface area (Å²) in [7, 11) is 2.87. The van der Waals surface area contributed by atoms with Gasteiger partial charge in [0.05, 0.1) is 20.8 Å². The van der Waals surface area contributed by atoms with Crippen LogP contribution in [0.1, 0.15) is 10.4 Å². The number of rotatable bonds is 6. The van der Waals surface area contributed by atoms with Crippen molar-refractivity contribution in [1.82, 2.24) is 5.32 Å². The summed E-state index contributed by atoms with van der Waals surface area (Å²) in [4.78, 5) is 23.2. The average Bonchev–Trinajstić information content (AvgIpc) is 2.49. The first kappa shape index (κ1) is 15.4. The summed E-state index contributed by atoms with van der Waals surface area (Å²) in [5.41, 5.74) is 0.177. The monoisotopic (exact) mass is 277 g/mol. The molecule has 6 nitrogen and oxygen atoms in total. The van der Waals surface area contributed by atoms with Crippen molar-refractivity contribution in [2.45, 2.75) is 0 Å². The van der Waals surface area contributed by atoms with E-state index in [9.17, 15) is 9.59 Å². The zero-order chi connectivity index (χ0) is 15.0. The normalized spacial score (nSPS) is 9.25. The van der Waals surface area contributed by atoms with Gasteiger partial charge in [-0.1, -0.05) is 12.0 Å². The van der Waals surface area contributed by atoms with Crippen molar-refractivity contribution in [2.75, 3.05) is 27.4 Å². The summed E-state index contributed by atoms with van der Waals surface area (Å²) in [5, 5.41) is 2.38. The van der Waals surface area contributed by atoms with Crippen LogP contribution in [0.5, 0.6) is 11.5 Å². The van der Waals surface area contributed by atoms with Gasteiger partial charge in [0.1, 0.15) is 5.56 Å². The molecule has 6 heteroatoms. The highest BCUT2D eigenvalue weighted by atomic mass is 16.5. The summed E-state index contributed by atoms with van der Waals surface area (Å²) in [5.74, 6) is 1.74. The Labute approximate surface area is 117 Å². The number of carbonyl (C=O) groups is 2. The Balaban J connectivity index is 2.73. The van der Waals surface area contributed by atoms with E-state index in [1.54, 1.807) is 12.1 Å². The Morgan fingerprint density at radius 1 is 1.30 bits per heavy atom. The third-order valence-electron chi connectivity index (χ3n) is 2.34. The topological polar surface area (TPSA) is 73.9 Å². The van der Waals surface area contributed by atoms with Gasteiger partial charge in [-0.2, -0.15) is 0 Å². The van der Waals surface area contributed by atoms with Crippen molar-refractivity contribution in [3.63, 3.8) is 0 Å². The van der Waals surface area contributed by atoms with Gasteiger partial charge in [-0.05, 0) is 12.1 Å². The number of methoxy groups -OCH3 is 2. The van der Waals surface area contributed by atoms with Crippen LogP contribution in [0.4, 0.5) is 0 Å². The Hall–Kier alpha value is -2.68. The standard InChI is InChI=1S/C14H15NO5/c1-4-8-15-12(16)9-20-14(17)10-6-5-7-11(18-2)13(10)19-3/h1,5-7H,8-9H2,2-3H3,(H,15,16). The maximum Gasteiger partial charge on any atom is 0.342 e. The van der Waals surface area contributed by atoms with E-state index in [2.05, 4.69) is 11.2 Å². The zero-order valence-electron chi connectivity index (χ0n) is 11.3. The molecule has 0 fully saturated rings. The fourth-order valence-electron chi connectivity index (χ4n) is 1.46. The minimum Gasteiger partial charge on any atom is -0.493 e. The molecule has 1 amide bonds. The van der Waals surface area contributed by atoms with Gasteiger partial charge in [0.2, 0.25) is 0 Å². The molecule has 20 heavy (non-hydrogen) atoms. The molecule has 0 radical (unpaired) electrons. The Bertz CT molecular complexity index is 533. The first-order valence-electron chi connectivity index (χ1n) is 5.72. The first-order chi connectivity index (χ1) is 9.63. The fourth-order valence-corrected chi connectivity index (χ4v) is 1.46. The largest absolute Gasteiger partial charge is 0.493 e. The molecular formula is C14H15NO5. The number of benzene rings is 1. The van der Waals surface area contributed by atoms with E-state index in [-0.39, 0.29) is 17.9 Å². The van der Waals surface area contributed by atoms with Gasteiger partial charge in [-0.25, -0.2) is 4.79 Å². The molecule has 0 aliphatic carbocycles.